The van der Waals surface area contributed by atoms with Gasteiger partial charge in [0.1, 0.15) is 23.9 Å². The molecule has 0 bridgehead atoms. The standard InChI is InChI=1S/C23H37N7O6S/c1-12(2)18(30-19(32)15(24)10-13-5-7-14(31)8-6-13)21(34)29-17(11-37)20(33)28-16(22(35)36)4-3-9-27-23(25)26/h5-8,12,15-18,31,37H,3-4,9-11,24H2,1-2H3,(H,28,33)(H,29,34)(H,30,32)(H,35,36)(H4,25,26,27). The lowest BCUT2D eigenvalue weighted by atomic mass is 10.0. The van der Waals surface area contributed by atoms with Crippen LogP contribution < -0.4 is 33.2 Å². The number of phenols is 1. The highest BCUT2D eigenvalue weighted by Gasteiger charge is 2.31. The SMILES string of the molecule is CC(C)C(NC(=O)C(N)Cc1ccc(O)cc1)C(=O)NC(CS)C(=O)NC(CCCN=C(N)N)C(=O)O. The maximum absolute atomic E-state index is 12.9. The van der Waals surface area contributed by atoms with E-state index in [0.29, 0.717) is 6.42 Å². The van der Waals surface area contributed by atoms with Crippen molar-refractivity contribution in [3.63, 3.8) is 0 Å². The minimum atomic E-state index is -1.25. The fraction of sp³-hybridized carbons (Fsp3) is 0.522. The number of rotatable bonds is 15. The van der Waals surface area contributed by atoms with Gasteiger partial charge in [0.15, 0.2) is 5.96 Å². The topological polar surface area (TPSA) is 235 Å². The molecule has 0 heterocycles. The summed E-state index contributed by atoms with van der Waals surface area (Å²) in [5.74, 6) is -3.71. The summed E-state index contributed by atoms with van der Waals surface area (Å²) in [5.41, 5.74) is 17.2. The molecule has 0 fully saturated rings. The molecule has 0 radical (unpaired) electrons. The second-order valence-corrected chi connectivity index (χ2v) is 9.16. The summed E-state index contributed by atoms with van der Waals surface area (Å²) in [4.78, 5) is 53.6. The number of aromatic hydroxyl groups is 1. The Bertz CT molecular complexity index is 953. The van der Waals surface area contributed by atoms with Gasteiger partial charge in [-0.15, -0.1) is 0 Å². The van der Waals surface area contributed by atoms with Crippen LogP contribution in [0, 0.1) is 5.92 Å². The maximum atomic E-state index is 12.9. The number of hydrogen-bond donors (Lipinski definition) is 9. The Hall–Kier alpha value is -3.52. The largest absolute Gasteiger partial charge is 0.508 e. The molecule has 4 unspecified atom stereocenters. The number of carboxylic acid groups (broad SMARTS) is 1. The predicted octanol–water partition coefficient (Wildman–Crippen LogP) is -1.56. The third kappa shape index (κ3) is 11.4. The van der Waals surface area contributed by atoms with Crippen molar-refractivity contribution >= 4 is 42.3 Å². The number of aliphatic carboxylic acids is 1. The van der Waals surface area contributed by atoms with Gasteiger partial charge in [0, 0.05) is 12.3 Å². The van der Waals surface area contributed by atoms with Crippen molar-refractivity contribution < 1.29 is 29.4 Å². The molecule has 0 spiro atoms. The molecule has 0 aliphatic rings. The van der Waals surface area contributed by atoms with Gasteiger partial charge in [-0.2, -0.15) is 12.6 Å². The van der Waals surface area contributed by atoms with Gasteiger partial charge in [0.25, 0.3) is 0 Å². The molecule has 37 heavy (non-hydrogen) atoms. The van der Waals surface area contributed by atoms with E-state index in [1.54, 1.807) is 26.0 Å². The number of phenolic OH excluding ortho intramolecular Hbond substituents is 1. The van der Waals surface area contributed by atoms with Crippen molar-refractivity contribution in [2.45, 2.75) is 57.3 Å². The fourth-order valence-corrected chi connectivity index (χ4v) is 3.52. The Morgan fingerprint density at radius 2 is 1.57 bits per heavy atom. The van der Waals surface area contributed by atoms with Gasteiger partial charge in [-0.25, -0.2) is 4.79 Å². The number of carbonyl (C=O) groups excluding carboxylic acids is 3. The van der Waals surface area contributed by atoms with Gasteiger partial charge >= 0.3 is 5.97 Å². The van der Waals surface area contributed by atoms with Crippen molar-refractivity contribution in [1.29, 1.82) is 0 Å². The van der Waals surface area contributed by atoms with E-state index in [4.69, 9.17) is 17.2 Å². The molecule has 0 aliphatic heterocycles. The van der Waals surface area contributed by atoms with E-state index in [1.165, 1.54) is 12.1 Å². The molecule has 14 heteroatoms. The van der Waals surface area contributed by atoms with Crippen LogP contribution in [-0.4, -0.2) is 76.3 Å². The van der Waals surface area contributed by atoms with Gasteiger partial charge in [0.05, 0.1) is 6.04 Å². The van der Waals surface area contributed by atoms with Crippen LogP contribution >= 0.6 is 12.6 Å². The Labute approximate surface area is 221 Å². The van der Waals surface area contributed by atoms with E-state index >= 15 is 0 Å². The average molecular weight is 540 g/mol. The smallest absolute Gasteiger partial charge is 0.326 e. The number of nitrogens with one attached hydrogen (secondary N) is 3. The first-order valence-electron chi connectivity index (χ1n) is 11.7. The van der Waals surface area contributed by atoms with E-state index in [2.05, 4.69) is 33.6 Å². The first-order chi connectivity index (χ1) is 17.3. The summed E-state index contributed by atoms with van der Waals surface area (Å²) in [6, 6.07) is 1.88. The molecule has 1 aromatic rings. The second kappa shape index (κ2) is 15.6. The molecule has 0 saturated heterocycles. The van der Waals surface area contributed by atoms with Crippen LogP contribution in [-0.2, 0) is 25.6 Å². The number of thiol groups is 1. The number of nitrogens with zero attached hydrogens (tertiary/aromatic N) is 1. The first kappa shape index (κ1) is 31.5. The lowest BCUT2D eigenvalue weighted by Gasteiger charge is -2.26. The van der Waals surface area contributed by atoms with Crippen molar-refractivity contribution in [1.82, 2.24) is 16.0 Å². The molecule has 11 N–H and O–H groups in total. The van der Waals surface area contributed by atoms with Crippen molar-refractivity contribution in [3.8, 4) is 5.75 Å². The predicted molar refractivity (Wildman–Crippen MR) is 142 cm³/mol. The van der Waals surface area contributed by atoms with Crippen LogP contribution in [0.5, 0.6) is 5.75 Å². The lowest BCUT2D eigenvalue weighted by molar-refractivity contribution is -0.142. The van der Waals surface area contributed by atoms with Crippen molar-refractivity contribution in [2.24, 2.45) is 28.1 Å². The summed E-state index contributed by atoms with van der Waals surface area (Å²) in [6.07, 6.45) is 0.549. The average Bonchev–Trinajstić information content (AvgIpc) is 2.83. The van der Waals surface area contributed by atoms with Gasteiger partial charge in [-0.1, -0.05) is 26.0 Å². The zero-order chi connectivity index (χ0) is 28.1. The van der Waals surface area contributed by atoms with Crippen molar-refractivity contribution in [3.05, 3.63) is 29.8 Å². The summed E-state index contributed by atoms with van der Waals surface area (Å²) in [6.45, 7) is 3.62. The number of carboxylic acids is 1. The molecule has 3 amide bonds. The fourth-order valence-electron chi connectivity index (χ4n) is 3.26. The van der Waals surface area contributed by atoms with Crippen LogP contribution in [0.1, 0.15) is 32.3 Å². The van der Waals surface area contributed by atoms with E-state index in [0.717, 1.165) is 5.56 Å². The maximum Gasteiger partial charge on any atom is 0.326 e. The minimum absolute atomic E-state index is 0.0642. The molecular formula is C23H37N7O6S. The summed E-state index contributed by atoms with van der Waals surface area (Å²) in [5, 5.41) is 26.3. The molecular weight excluding hydrogens is 502 g/mol. The monoisotopic (exact) mass is 539 g/mol. The Balaban J connectivity index is 2.77. The van der Waals surface area contributed by atoms with E-state index in [9.17, 15) is 29.4 Å². The minimum Gasteiger partial charge on any atom is -0.508 e. The van der Waals surface area contributed by atoms with E-state index < -0.39 is 47.9 Å². The van der Waals surface area contributed by atoms with Gasteiger partial charge < -0.3 is 43.4 Å². The third-order valence-electron chi connectivity index (χ3n) is 5.35. The molecule has 0 aromatic heterocycles. The van der Waals surface area contributed by atoms with Crippen LogP contribution in [0.15, 0.2) is 29.3 Å². The number of benzene rings is 1. The van der Waals surface area contributed by atoms with Crippen LogP contribution in [0.3, 0.4) is 0 Å². The summed E-state index contributed by atoms with van der Waals surface area (Å²) < 4.78 is 0. The number of hydrogen-bond acceptors (Lipinski definition) is 8. The Kier molecular flexibility index (Phi) is 13.3. The zero-order valence-corrected chi connectivity index (χ0v) is 21.8. The molecule has 4 atom stereocenters. The zero-order valence-electron chi connectivity index (χ0n) is 20.9. The first-order valence-corrected chi connectivity index (χ1v) is 12.3. The second-order valence-electron chi connectivity index (χ2n) is 8.80. The summed E-state index contributed by atoms with van der Waals surface area (Å²) in [7, 11) is 0. The normalized spacial score (nSPS) is 14.1. The number of aliphatic imine (C=N–C) groups is 1. The number of amides is 3. The molecule has 1 aromatic carbocycles. The van der Waals surface area contributed by atoms with Crippen LogP contribution in [0.25, 0.3) is 0 Å². The molecule has 1 rings (SSSR count). The Morgan fingerprint density at radius 1 is 0.973 bits per heavy atom. The van der Waals surface area contributed by atoms with E-state index in [1.807, 2.05) is 0 Å². The van der Waals surface area contributed by atoms with Gasteiger partial charge in [-0.05, 0) is 42.9 Å². The highest BCUT2D eigenvalue weighted by atomic mass is 32.1. The number of carbonyl (C=O) groups is 4. The molecule has 0 aliphatic carbocycles. The third-order valence-corrected chi connectivity index (χ3v) is 5.72. The quantitative estimate of drug-likeness (QED) is 0.0541. The number of guanidine groups is 1. The van der Waals surface area contributed by atoms with E-state index in [-0.39, 0.29) is 42.8 Å². The van der Waals surface area contributed by atoms with Gasteiger partial charge in [0.2, 0.25) is 17.7 Å². The lowest BCUT2D eigenvalue weighted by Crippen LogP contribution is -2.59. The van der Waals surface area contributed by atoms with Crippen LogP contribution in [0.2, 0.25) is 0 Å². The number of nitrogens with two attached hydrogens (primary N) is 3. The van der Waals surface area contributed by atoms with Gasteiger partial charge in [-0.3, -0.25) is 19.4 Å². The van der Waals surface area contributed by atoms with Crippen molar-refractivity contribution in [2.75, 3.05) is 12.3 Å². The molecule has 206 valence electrons. The van der Waals surface area contributed by atoms with Crippen LogP contribution in [0.4, 0.5) is 0 Å². The Morgan fingerprint density at radius 3 is 2.08 bits per heavy atom. The highest BCUT2D eigenvalue weighted by Crippen LogP contribution is 2.11. The highest BCUT2D eigenvalue weighted by molar-refractivity contribution is 7.80. The molecule has 13 nitrogen and oxygen atoms in total. The molecule has 0 saturated carbocycles. The summed E-state index contributed by atoms with van der Waals surface area (Å²) >= 11 is 4.10.